The predicted octanol–water partition coefficient (Wildman–Crippen LogP) is 4.03. The van der Waals surface area contributed by atoms with E-state index in [1.807, 2.05) is 13.8 Å². The fraction of sp³-hybridized carbons (Fsp3) is 0.571. The van der Waals surface area contributed by atoms with Crippen LogP contribution in [0.4, 0.5) is 13.2 Å². The number of benzene rings is 1. The summed E-state index contributed by atoms with van der Waals surface area (Å²) < 4.78 is 43.5. The van der Waals surface area contributed by atoms with Gasteiger partial charge in [-0.2, -0.15) is 13.2 Å². The third-order valence-electron chi connectivity index (χ3n) is 2.59. The quantitative estimate of drug-likeness (QED) is 0.768. The Morgan fingerprint density at radius 3 is 2.45 bits per heavy atom. The molecule has 0 radical (unpaired) electrons. The van der Waals surface area contributed by atoms with Crippen molar-refractivity contribution in [1.82, 2.24) is 5.32 Å². The van der Waals surface area contributed by atoms with Crippen molar-refractivity contribution in [2.45, 2.75) is 39.1 Å². The highest BCUT2D eigenvalue weighted by atomic mass is 35.5. The molecule has 0 heterocycles. The van der Waals surface area contributed by atoms with Gasteiger partial charge < -0.3 is 10.1 Å². The Bertz CT molecular complexity index is 383. The monoisotopic (exact) mass is 311 g/mol. The van der Waals surface area contributed by atoms with E-state index in [1.165, 1.54) is 12.1 Å². The van der Waals surface area contributed by atoms with Crippen molar-refractivity contribution in [2.75, 3.05) is 13.2 Å². The van der Waals surface area contributed by atoms with Crippen molar-refractivity contribution in [2.24, 2.45) is 0 Å². The van der Waals surface area contributed by atoms with Crippen LogP contribution in [0.5, 0.6) is 0 Å². The van der Waals surface area contributed by atoms with Gasteiger partial charge in [0, 0.05) is 13.2 Å². The molecule has 0 aromatic heterocycles. The van der Waals surface area contributed by atoms with E-state index in [1.54, 1.807) is 6.07 Å². The van der Waals surface area contributed by atoms with E-state index >= 15 is 0 Å². The van der Waals surface area contributed by atoms with Gasteiger partial charge in [-0.3, -0.25) is 0 Å². The summed E-state index contributed by atoms with van der Waals surface area (Å²) in [7, 11) is 0. The number of ether oxygens (including phenoxy) is 1. The predicted molar refractivity (Wildman–Crippen MR) is 76.1 cm³/mol. The Kier molecular flexibility index (Phi) is 8.85. The fourth-order valence-corrected chi connectivity index (χ4v) is 1.69. The second kappa shape index (κ2) is 9.21. The fourth-order valence-electron chi connectivity index (χ4n) is 1.69. The van der Waals surface area contributed by atoms with Crippen LogP contribution in [0.2, 0.25) is 0 Å². The van der Waals surface area contributed by atoms with Crippen LogP contribution in [0.1, 0.15) is 31.4 Å². The molecule has 0 saturated carbocycles. The topological polar surface area (TPSA) is 21.3 Å². The Morgan fingerprint density at radius 1 is 1.20 bits per heavy atom. The molecular formula is C14H21ClF3NO. The molecule has 0 atom stereocenters. The molecule has 0 aliphatic rings. The van der Waals surface area contributed by atoms with Crippen LogP contribution in [0.3, 0.4) is 0 Å². The van der Waals surface area contributed by atoms with Crippen molar-refractivity contribution < 1.29 is 17.9 Å². The zero-order valence-corrected chi connectivity index (χ0v) is 12.5. The Morgan fingerprint density at radius 2 is 1.85 bits per heavy atom. The van der Waals surface area contributed by atoms with Gasteiger partial charge in [-0.1, -0.05) is 18.2 Å². The Balaban J connectivity index is 0.00000361. The molecule has 6 heteroatoms. The van der Waals surface area contributed by atoms with Gasteiger partial charge in [0.25, 0.3) is 0 Å². The lowest BCUT2D eigenvalue weighted by molar-refractivity contribution is -0.138. The average Bonchev–Trinajstić information content (AvgIpc) is 2.32. The first kappa shape index (κ1) is 19.2. The van der Waals surface area contributed by atoms with Crippen LogP contribution >= 0.6 is 12.4 Å². The maximum Gasteiger partial charge on any atom is 0.416 e. The van der Waals surface area contributed by atoms with Crippen LogP contribution in [-0.4, -0.2) is 19.3 Å². The van der Waals surface area contributed by atoms with Crippen molar-refractivity contribution >= 4 is 12.4 Å². The molecule has 0 fully saturated rings. The van der Waals surface area contributed by atoms with E-state index < -0.39 is 11.7 Å². The molecule has 0 unspecified atom stereocenters. The third kappa shape index (κ3) is 7.12. The summed E-state index contributed by atoms with van der Waals surface area (Å²) in [6, 6.07) is 5.64. The summed E-state index contributed by atoms with van der Waals surface area (Å²) >= 11 is 0. The first-order chi connectivity index (χ1) is 8.91. The smallest absolute Gasteiger partial charge is 0.379 e. The molecule has 20 heavy (non-hydrogen) atoms. The van der Waals surface area contributed by atoms with Gasteiger partial charge in [0.2, 0.25) is 0 Å². The second-order valence-corrected chi connectivity index (χ2v) is 4.60. The maximum absolute atomic E-state index is 12.7. The van der Waals surface area contributed by atoms with Crippen LogP contribution in [0.15, 0.2) is 24.3 Å². The van der Waals surface area contributed by atoms with E-state index in [4.69, 9.17) is 4.74 Å². The molecule has 0 aliphatic heterocycles. The van der Waals surface area contributed by atoms with E-state index in [2.05, 4.69) is 5.32 Å². The summed E-state index contributed by atoms with van der Waals surface area (Å²) in [5.74, 6) is 0. The van der Waals surface area contributed by atoms with E-state index in [0.717, 1.165) is 12.5 Å². The van der Waals surface area contributed by atoms with Gasteiger partial charge in [0.05, 0.1) is 11.7 Å². The van der Waals surface area contributed by atoms with Crippen molar-refractivity contribution in [3.63, 3.8) is 0 Å². The first-order valence-electron chi connectivity index (χ1n) is 6.38. The molecule has 1 aromatic carbocycles. The molecule has 0 bridgehead atoms. The lowest BCUT2D eigenvalue weighted by atomic mass is 10.1. The zero-order valence-electron chi connectivity index (χ0n) is 11.7. The largest absolute Gasteiger partial charge is 0.416 e. The van der Waals surface area contributed by atoms with Gasteiger partial charge in [0.15, 0.2) is 0 Å². The summed E-state index contributed by atoms with van der Waals surface area (Å²) in [4.78, 5) is 0. The van der Waals surface area contributed by atoms with Crippen molar-refractivity contribution in [3.05, 3.63) is 35.4 Å². The number of rotatable bonds is 7. The van der Waals surface area contributed by atoms with Gasteiger partial charge in [-0.25, -0.2) is 0 Å². The first-order valence-corrected chi connectivity index (χ1v) is 6.38. The van der Waals surface area contributed by atoms with Crippen molar-refractivity contribution in [1.29, 1.82) is 0 Å². The summed E-state index contributed by atoms with van der Waals surface area (Å²) in [6.07, 6.45) is -3.32. The molecule has 1 N–H and O–H groups in total. The maximum atomic E-state index is 12.7. The van der Waals surface area contributed by atoms with Gasteiger partial charge >= 0.3 is 6.18 Å². The number of halogens is 4. The van der Waals surface area contributed by atoms with Gasteiger partial charge in [0.1, 0.15) is 0 Å². The third-order valence-corrected chi connectivity index (χ3v) is 2.59. The van der Waals surface area contributed by atoms with E-state index in [0.29, 0.717) is 13.2 Å². The molecule has 116 valence electrons. The van der Waals surface area contributed by atoms with E-state index in [-0.39, 0.29) is 30.6 Å². The van der Waals surface area contributed by atoms with Gasteiger partial charge in [-0.15, -0.1) is 12.4 Å². The molecule has 0 spiro atoms. The average molecular weight is 312 g/mol. The number of hydrogen-bond acceptors (Lipinski definition) is 2. The zero-order chi connectivity index (χ0) is 14.3. The molecule has 1 rings (SSSR count). The number of hydrogen-bond donors (Lipinski definition) is 1. The minimum absolute atomic E-state index is 0. The summed E-state index contributed by atoms with van der Waals surface area (Å²) in [6.45, 7) is 5.38. The van der Waals surface area contributed by atoms with Crippen LogP contribution in [-0.2, 0) is 17.5 Å². The second-order valence-electron chi connectivity index (χ2n) is 4.60. The molecule has 0 saturated heterocycles. The highest BCUT2D eigenvalue weighted by Crippen LogP contribution is 2.31. The summed E-state index contributed by atoms with van der Waals surface area (Å²) in [5, 5.41) is 3.01. The normalized spacial score (nSPS) is 11.5. The number of alkyl halides is 3. The minimum atomic E-state index is -4.29. The number of nitrogens with one attached hydrogen (secondary N) is 1. The molecule has 2 nitrogen and oxygen atoms in total. The SMILES string of the molecule is CC(C)OCCCNCc1ccccc1C(F)(F)F.Cl. The van der Waals surface area contributed by atoms with Crippen LogP contribution in [0, 0.1) is 0 Å². The van der Waals surface area contributed by atoms with Crippen molar-refractivity contribution in [3.8, 4) is 0 Å². The van der Waals surface area contributed by atoms with E-state index in [9.17, 15) is 13.2 Å². The van der Waals surface area contributed by atoms with Crippen LogP contribution < -0.4 is 5.32 Å². The molecular weight excluding hydrogens is 291 g/mol. The van der Waals surface area contributed by atoms with Crippen LogP contribution in [0.25, 0.3) is 0 Å². The highest BCUT2D eigenvalue weighted by molar-refractivity contribution is 5.85. The van der Waals surface area contributed by atoms with Gasteiger partial charge in [-0.05, 0) is 38.4 Å². The Hall–Kier alpha value is -0.780. The molecule has 1 aromatic rings. The lowest BCUT2D eigenvalue weighted by Crippen LogP contribution is -2.20. The minimum Gasteiger partial charge on any atom is -0.379 e. The standard InChI is InChI=1S/C14H20F3NO.ClH/c1-11(2)19-9-5-8-18-10-12-6-3-4-7-13(12)14(15,16)17;/h3-4,6-7,11,18H,5,8-10H2,1-2H3;1H. The highest BCUT2D eigenvalue weighted by Gasteiger charge is 2.32. The molecule has 0 aliphatic carbocycles. The lowest BCUT2D eigenvalue weighted by Gasteiger charge is -2.13. The Labute approximate surface area is 124 Å². The molecule has 0 amide bonds. The summed E-state index contributed by atoms with van der Waals surface area (Å²) in [5.41, 5.74) is -0.291.